The molecule has 0 bridgehead atoms. The minimum absolute atomic E-state index is 0.0626. The molecule has 1 aromatic heterocycles. The van der Waals surface area contributed by atoms with Gasteiger partial charge < -0.3 is 15.0 Å². The summed E-state index contributed by atoms with van der Waals surface area (Å²) in [6.45, 7) is 0.671. The molecule has 3 rings (SSSR count). The number of benzene rings is 1. The molecule has 7 heteroatoms. The molecule has 1 fully saturated rings. The number of amides is 2. The van der Waals surface area contributed by atoms with Gasteiger partial charge in [-0.15, -0.1) is 11.3 Å². The van der Waals surface area contributed by atoms with Crippen LogP contribution in [0.3, 0.4) is 0 Å². The first kappa shape index (κ1) is 18.1. The van der Waals surface area contributed by atoms with E-state index in [0.29, 0.717) is 18.5 Å². The van der Waals surface area contributed by atoms with E-state index in [0.717, 1.165) is 17.0 Å². The Hall–Kier alpha value is -2.67. The number of carbonyl (C=O) groups excluding carboxylic acids is 3. The second kappa shape index (κ2) is 8.14. The lowest BCUT2D eigenvalue weighted by Gasteiger charge is -2.19. The van der Waals surface area contributed by atoms with Crippen LogP contribution >= 0.6 is 11.3 Å². The third-order valence-corrected chi connectivity index (χ3v) is 5.27. The molecule has 2 heterocycles. The number of nitrogens with zero attached hydrogens (tertiary/aromatic N) is 1. The lowest BCUT2D eigenvalue weighted by Crippen LogP contribution is -2.30. The molecule has 1 saturated heterocycles. The topological polar surface area (TPSA) is 75.7 Å². The van der Waals surface area contributed by atoms with E-state index in [1.54, 1.807) is 23.1 Å². The molecule has 1 unspecified atom stereocenters. The van der Waals surface area contributed by atoms with Crippen LogP contribution in [0.4, 0.5) is 5.69 Å². The Morgan fingerprint density at radius 3 is 2.81 bits per heavy atom. The Balaban J connectivity index is 1.77. The molecule has 26 heavy (non-hydrogen) atoms. The molecular weight excluding hydrogens is 352 g/mol. The SMILES string of the molecule is COC(=O)CC(NC(=O)c1cccc(N2CCCC2=O)c1)c1cccs1. The van der Waals surface area contributed by atoms with E-state index >= 15 is 0 Å². The van der Waals surface area contributed by atoms with Crippen LogP contribution < -0.4 is 10.2 Å². The Kier molecular flexibility index (Phi) is 5.68. The second-order valence-corrected chi connectivity index (χ2v) is 7.00. The second-order valence-electron chi connectivity index (χ2n) is 6.02. The highest BCUT2D eigenvalue weighted by Crippen LogP contribution is 2.25. The lowest BCUT2D eigenvalue weighted by molar-refractivity contribution is -0.141. The number of methoxy groups -OCH3 is 1. The fourth-order valence-corrected chi connectivity index (χ4v) is 3.72. The number of thiophene rings is 1. The Morgan fingerprint density at radius 2 is 2.15 bits per heavy atom. The van der Waals surface area contributed by atoms with Crippen LogP contribution in [-0.4, -0.2) is 31.4 Å². The maximum absolute atomic E-state index is 12.7. The molecule has 1 aliphatic rings. The van der Waals surface area contributed by atoms with E-state index in [1.807, 2.05) is 23.6 Å². The molecular formula is C19H20N2O4S. The normalized spacial score (nSPS) is 15.0. The summed E-state index contributed by atoms with van der Waals surface area (Å²) in [5.74, 6) is -0.606. The largest absolute Gasteiger partial charge is 0.469 e. The van der Waals surface area contributed by atoms with Gasteiger partial charge in [-0.25, -0.2) is 0 Å². The first-order valence-corrected chi connectivity index (χ1v) is 9.28. The molecule has 136 valence electrons. The third kappa shape index (κ3) is 4.11. The smallest absolute Gasteiger partial charge is 0.307 e. The predicted octanol–water partition coefficient (Wildman–Crippen LogP) is 2.91. The standard InChI is InChI=1S/C19H20N2O4S/c1-25-18(23)12-15(16-7-4-10-26-16)20-19(24)13-5-2-6-14(11-13)21-9-3-8-17(21)22/h2,4-7,10-11,15H,3,8-9,12H2,1H3,(H,20,24). The zero-order valence-corrected chi connectivity index (χ0v) is 15.3. The van der Waals surface area contributed by atoms with Crippen LogP contribution in [0.1, 0.15) is 40.5 Å². The summed E-state index contributed by atoms with van der Waals surface area (Å²) < 4.78 is 4.73. The summed E-state index contributed by atoms with van der Waals surface area (Å²) in [4.78, 5) is 38.9. The van der Waals surface area contributed by atoms with Crippen molar-refractivity contribution in [3.63, 3.8) is 0 Å². The van der Waals surface area contributed by atoms with Crippen LogP contribution in [0.25, 0.3) is 0 Å². The molecule has 2 amide bonds. The van der Waals surface area contributed by atoms with Gasteiger partial charge >= 0.3 is 5.97 Å². The van der Waals surface area contributed by atoms with Crippen molar-refractivity contribution in [3.05, 3.63) is 52.2 Å². The Morgan fingerprint density at radius 1 is 1.31 bits per heavy atom. The van der Waals surface area contributed by atoms with Crippen LogP contribution in [0.2, 0.25) is 0 Å². The first-order chi connectivity index (χ1) is 12.6. The van der Waals surface area contributed by atoms with Gasteiger partial charge in [-0.05, 0) is 36.1 Å². The quantitative estimate of drug-likeness (QED) is 0.791. The summed E-state index contributed by atoms with van der Waals surface area (Å²) in [5.41, 5.74) is 1.18. The molecule has 2 aromatic rings. The van der Waals surface area contributed by atoms with Crippen molar-refractivity contribution in [3.8, 4) is 0 Å². The van der Waals surface area contributed by atoms with Crippen molar-refractivity contribution in [1.82, 2.24) is 5.32 Å². The molecule has 0 aliphatic carbocycles. The van der Waals surface area contributed by atoms with Crippen molar-refractivity contribution in [2.75, 3.05) is 18.6 Å². The average Bonchev–Trinajstić information content (AvgIpc) is 3.32. The van der Waals surface area contributed by atoms with E-state index in [2.05, 4.69) is 5.32 Å². The summed E-state index contributed by atoms with van der Waals surface area (Å²) in [6, 6.07) is 10.3. The number of anilines is 1. The van der Waals surface area contributed by atoms with Gasteiger partial charge in [-0.3, -0.25) is 14.4 Å². The van der Waals surface area contributed by atoms with Crippen molar-refractivity contribution in [2.24, 2.45) is 0 Å². The van der Waals surface area contributed by atoms with Gasteiger partial charge in [0.25, 0.3) is 5.91 Å². The van der Waals surface area contributed by atoms with E-state index < -0.39 is 6.04 Å². The Labute approximate surface area is 155 Å². The molecule has 0 saturated carbocycles. The average molecular weight is 372 g/mol. The van der Waals surface area contributed by atoms with Gasteiger partial charge in [0.05, 0.1) is 19.6 Å². The maximum Gasteiger partial charge on any atom is 0.307 e. The summed E-state index contributed by atoms with van der Waals surface area (Å²) in [5, 5.41) is 4.79. The number of rotatable bonds is 6. The number of carbonyl (C=O) groups is 3. The zero-order chi connectivity index (χ0) is 18.5. The molecule has 1 N–H and O–H groups in total. The maximum atomic E-state index is 12.7. The summed E-state index contributed by atoms with van der Waals surface area (Å²) in [7, 11) is 1.33. The van der Waals surface area contributed by atoms with E-state index in [1.165, 1.54) is 18.4 Å². The lowest BCUT2D eigenvalue weighted by atomic mass is 10.1. The van der Waals surface area contributed by atoms with Gasteiger partial charge in [-0.1, -0.05) is 12.1 Å². The van der Waals surface area contributed by atoms with Crippen molar-refractivity contribution >= 4 is 34.8 Å². The van der Waals surface area contributed by atoms with Crippen molar-refractivity contribution in [2.45, 2.75) is 25.3 Å². The van der Waals surface area contributed by atoms with Crippen molar-refractivity contribution < 1.29 is 19.1 Å². The van der Waals surface area contributed by atoms with Gasteiger partial charge in [0, 0.05) is 29.1 Å². The fraction of sp³-hybridized carbons (Fsp3) is 0.316. The highest BCUT2D eigenvalue weighted by Gasteiger charge is 2.24. The third-order valence-electron chi connectivity index (χ3n) is 4.28. The van der Waals surface area contributed by atoms with Gasteiger partial charge in [-0.2, -0.15) is 0 Å². The minimum Gasteiger partial charge on any atom is -0.469 e. The zero-order valence-electron chi connectivity index (χ0n) is 14.4. The van der Waals surface area contributed by atoms with Crippen molar-refractivity contribution in [1.29, 1.82) is 0 Å². The number of hydrogen-bond donors (Lipinski definition) is 1. The number of hydrogen-bond acceptors (Lipinski definition) is 5. The van der Waals surface area contributed by atoms with Crippen LogP contribution in [0.15, 0.2) is 41.8 Å². The molecule has 1 aliphatic heterocycles. The number of esters is 1. The van der Waals surface area contributed by atoms with E-state index in [-0.39, 0.29) is 24.2 Å². The predicted molar refractivity (Wildman–Crippen MR) is 99.2 cm³/mol. The van der Waals surface area contributed by atoms with Crippen LogP contribution in [0, 0.1) is 0 Å². The van der Waals surface area contributed by atoms with Crippen LogP contribution in [0.5, 0.6) is 0 Å². The molecule has 0 spiro atoms. The molecule has 1 atom stereocenters. The fourth-order valence-electron chi connectivity index (χ4n) is 2.94. The van der Waals surface area contributed by atoms with Gasteiger partial charge in [0.1, 0.15) is 0 Å². The molecule has 6 nitrogen and oxygen atoms in total. The molecule has 1 aromatic carbocycles. The van der Waals surface area contributed by atoms with E-state index in [9.17, 15) is 14.4 Å². The van der Waals surface area contributed by atoms with Gasteiger partial charge in [0.2, 0.25) is 5.91 Å². The highest BCUT2D eigenvalue weighted by molar-refractivity contribution is 7.10. The Bertz CT molecular complexity index is 804. The van der Waals surface area contributed by atoms with Gasteiger partial charge in [0.15, 0.2) is 0 Å². The van der Waals surface area contributed by atoms with E-state index in [4.69, 9.17) is 4.74 Å². The highest BCUT2D eigenvalue weighted by atomic mass is 32.1. The van der Waals surface area contributed by atoms with Crippen LogP contribution in [-0.2, 0) is 14.3 Å². The summed E-state index contributed by atoms with van der Waals surface area (Å²) >= 11 is 1.47. The minimum atomic E-state index is -0.452. The monoisotopic (exact) mass is 372 g/mol. The number of ether oxygens (including phenoxy) is 1. The summed E-state index contributed by atoms with van der Waals surface area (Å²) in [6.07, 6.45) is 1.43. The molecule has 0 radical (unpaired) electrons. The first-order valence-electron chi connectivity index (χ1n) is 8.40. The number of nitrogens with one attached hydrogen (secondary N) is 1.